The van der Waals surface area contributed by atoms with Crippen molar-refractivity contribution >= 4 is 21.6 Å². The van der Waals surface area contributed by atoms with Crippen molar-refractivity contribution < 1.29 is 17.9 Å². The van der Waals surface area contributed by atoms with Crippen LogP contribution in [-0.4, -0.2) is 39.4 Å². The maximum atomic E-state index is 13.4. The van der Waals surface area contributed by atoms with E-state index in [-0.39, 0.29) is 10.8 Å². The Morgan fingerprint density at radius 3 is 2.26 bits per heavy atom. The minimum atomic E-state index is -3.93. The van der Waals surface area contributed by atoms with E-state index in [9.17, 15) is 13.2 Å². The molecule has 0 unspecified atom stereocenters. The first-order chi connectivity index (χ1) is 15.0. The van der Waals surface area contributed by atoms with Gasteiger partial charge in [-0.05, 0) is 73.9 Å². The average molecular weight is 443 g/mol. The van der Waals surface area contributed by atoms with E-state index in [1.807, 2.05) is 11.0 Å². The number of amides is 1. The van der Waals surface area contributed by atoms with E-state index in [2.05, 4.69) is 4.72 Å². The molecule has 0 radical (unpaired) electrons. The van der Waals surface area contributed by atoms with Gasteiger partial charge in [0.2, 0.25) is 0 Å². The lowest BCUT2D eigenvalue weighted by atomic mass is 9.92. The fourth-order valence-electron chi connectivity index (χ4n) is 4.51. The summed E-state index contributed by atoms with van der Waals surface area (Å²) in [6.45, 7) is 1.41. The van der Waals surface area contributed by atoms with Gasteiger partial charge in [-0.2, -0.15) is 0 Å². The van der Waals surface area contributed by atoms with Crippen LogP contribution in [0.4, 0.5) is 5.69 Å². The molecule has 1 saturated heterocycles. The van der Waals surface area contributed by atoms with Gasteiger partial charge in [-0.3, -0.25) is 9.52 Å². The number of anilines is 1. The van der Waals surface area contributed by atoms with Gasteiger partial charge in [0, 0.05) is 13.1 Å². The van der Waals surface area contributed by atoms with Gasteiger partial charge < -0.3 is 9.64 Å². The minimum absolute atomic E-state index is 0.118. The highest BCUT2D eigenvalue weighted by molar-refractivity contribution is 7.92. The summed E-state index contributed by atoms with van der Waals surface area (Å²) in [6.07, 6.45) is 8.16. The Morgan fingerprint density at radius 1 is 0.935 bits per heavy atom. The number of methoxy groups -OCH3 is 1. The molecule has 1 fully saturated rings. The summed E-state index contributed by atoms with van der Waals surface area (Å²) in [5, 5.41) is 0. The molecular weight excluding hydrogens is 412 g/mol. The quantitative estimate of drug-likeness (QED) is 0.745. The fourth-order valence-corrected chi connectivity index (χ4v) is 5.79. The van der Waals surface area contributed by atoms with Gasteiger partial charge in [-0.15, -0.1) is 0 Å². The number of carbonyl (C=O) groups excluding carboxylic acids is 1. The highest BCUT2D eigenvalue weighted by atomic mass is 32.2. The van der Waals surface area contributed by atoms with E-state index in [1.165, 1.54) is 7.11 Å². The molecule has 0 bridgehead atoms. The van der Waals surface area contributed by atoms with Crippen LogP contribution in [0.25, 0.3) is 0 Å². The first kappa shape index (κ1) is 21.7. The molecule has 0 aromatic heterocycles. The second kappa shape index (κ2) is 9.30. The van der Waals surface area contributed by atoms with Gasteiger partial charge in [0.05, 0.1) is 18.4 Å². The number of ether oxygens (including phenoxy) is 1. The molecule has 2 aromatic carbocycles. The fraction of sp³-hybridized carbons (Fsp3) is 0.458. The van der Waals surface area contributed by atoms with E-state index in [4.69, 9.17) is 4.74 Å². The van der Waals surface area contributed by atoms with Crippen molar-refractivity contribution in [3.05, 3.63) is 53.1 Å². The Hall–Kier alpha value is -2.54. The van der Waals surface area contributed by atoms with Crippen LogP contribution in [0.2, 0.25) is 0 Å². The Morgan fingerprint density at radius 2 is 1.58 bits per heavy atom. The van der Waals surface area contributed by atoms with E-state index in [0.29, 0.717) is 30.1 Å². The number of sulfonamides is 1. The van der Waals surface area contributed by atoms with Crippen molar-refractivity contribution in [2.75, 3.05) is 24.9 Å². The minimum Gasteiger partial charge on any atom is -0.495 e. The largest absolute Gasteiger partial charge is 0.495 e. The molecule has 1 amide bonds. The predicted molar refractivity (Wildman–Crippen MR) is 121 cm³/mol. The van der Waals surface area contributed by atoms with Crippen LogP contribution in [0, 0.1) is 0 Å². The molecule has 166 valence electrons. The second-order valence-corrected chi connectivity index (χ2v) is 9.99. The van der Waals surface area contributed by atoms with Gasteiger partial charge in [0.15, 0.2) is 0 Å². The molecule has 2 aliphatic rings. The van der Waals surface area contributed by atoms with Crippen LogP contribution < -0.4 is 9.46 Å². The van der Waals surface area contributed by atoms with Gasteiger partial charge >= 0.3 is 0 Å². The van der Waals surface area contributed by atoms with Gasteiger partial charge in [-0.25, -0.2) is 8.42 Å². The zero-order valence-corrected chi connectivity index (χ0v) is 18.8. The molecule has 1 aliphatic heterocycles. The summed E-state index contributed by atoms with van der Waals surface area (Å²) in [6, 6.07) is 10.4. The zero-order valence-electron chi connectivity index (χ0n) is 18.0. The molecule has 1 N–H and O–H groups in total. The number of para-hydroxylation sites is 1. The Labute approximate surface area is 184 Å². The van der Waals surface area contributed by atoms with Gasteiger partial charge in [0.1, 0.15) is 10.6 Å². The van der Waals surface area contributed by atoms with Gasteiger partial charge in [-0.1, -0.05) is 25.0 Å². The smallest absolute Gasteiger partial charge is 0.265 e. The molecule has 1 heterocycles. The van der Waals surface area contributed by atoms with Crippen LogP contribution in [0.5, 0.6) is 5.75 Å². The van der Waals surface area contributed by atoms with E-state index < -0.39 is 10.0 Å². The lowest BCUT2D eigenvalue weighted by molar-refractivity contribution is 0.0762. The van der Waals surface area contributed by atoms with Gasteiger partial charge in [0.25, 0.3) is 15.9 Å². The number of hydrogen-bond acceptors (Lipinski definition) is 4. The highest BCUT2D eigenvalue weighted by Gasteiger charge is 2.26. The van der Waals surface area contributed by atoms with Crippen molar-refractivity contribution in [3.63, 3.8) is 0 Å². The van der Waals surface area contributed by atoms with Crippen molar-refractivity contribution in [1.82, 2.24) is 4.90 Å². The molecule has 7 heteroatoms. The van der Waals surface area contributed by atoms with E-state index in [0.717, 1.165) is 62.5 Å². The Bertz CT molecular complexity index is 1060. The highest BCUT2D eigenvalue weighted by Crippen LogP contribution is 2.33. The van der Waals surface area contributed by atoms with Crippen molar-refractivity contribution in [3.8, 4) is 5.75 Å². The first-order valence-corrected chi connectivity index (χ1v) is 12.6. The molecule has 0 spiro atoms. The van der Waals surface area contributed by atoms with E-state index >= 15 is 0 Å². The van der Waals surface area contributed by atoms with Crippen molar-refractivity contribution in [2.45, 2.75) is 56.3 Å². The molecule has 0 saturated carbocycles. The van der Waals surface area contributed by atoms with Crippen LogP contribution in [0.1, 0.15) is 60.0 Å². The number of carbonyl (C=O) groups is 1. The third kappa shape index (κ3) is 4.71. The SMILES string of the molecule is COc1cc2c(cc1S(=O)(=O)Nc1ccccc1C(=O)N1CCCCCC1)CCCC2. The summed E-state index contributed by atoms with van der Waals surface area (Å²) in [5.74, 6) is 0.210. The normalized spacial score (nSPS) is 16.9. The monoisotopic (exact) mass is 442 g/mol. The molecule has 4 rings (SSSR count). The van der Waals surface area contributed by atoms with Crippen LogP contribution in [0.15, 0.2) is 41.3 Å². The number of nitrogens with zero attached hydrogens (tertiary/aromatic N) is 1. The standard InChI is InChI=1S/C24H30N2O4S/c1-30-22-16-18-10-4-5-11-19(18)17-23(22)31(28,29)25-21-13-7-6-12-20(21)24(27)26-14-8-2-3-9-15-26/h6-7,12-13,16-17,25H,2-5,8-11,14-15H2,1H3. The summed E-state index contributed by atoms with van der Waals surface area (Å²) < 4.78 is 34.8. The number of aryl methyl sites for hydroxylation is 2. The van der Waals surface area contributed by atoms with E-state index in [1.54, 1.807) is 30.3 Å². The van der Waals surface area contributed by atoms with Crippen molar-refractivity contribution in [1.29, 1.82) is 0 Å². The molecule has 1 aliphatic carbocycles. The Kier molecular flexibility index (Phi) is 6.51. The molecule has 31 heavy (non-hydrogen) atoms. The van der Waals surface area contributed by atoms with Crippen molar-refractivity contribution in [2.24, 2.45) is 0 Å². The maximum Gasteiger partial charge on any atom is 0.265 e. The van der Waals surface area contributed by atoms with Crippen LogP contribution in [-0.2, 0) is 22.9 Å². The lowest BCUT2D eigenvalue weighted by Crippen LogP contribution is -2.32. The zero-order chi connectivity index (χ0) is 21.8. The second-order valence-electron chi connectivity index (χ2n) is 8.34. The molecular formula is C24H30N2O4S. The topological polar surface area (TPSA) is 75.7 Å². The summed E-state index contributed by atoms with van der Waals surface area (Å²) in [5.41, 5.74) is 2.89. The molecule has 2 aromatic rings. The summed E-state index contributed by atoms with van der Waals surface area (Å²) in [7, 11) is -2.44. The molecule has 6 nitrogen and oxygen atoms in total. The Balaban J connectivity index is 1.66. The third-order valence-electron chi connectivity index (χ3n) is 6.21. The van der Waals surface area contributed by atoms with Crippen LogP contribution >= 0.6 is 0 Å². The number of likely N-dealkylation sites (tertiary alicyclic amines) is 1. The number of fused-ring (bicyclic) bond motifs is 1. The summed E-state index contributed by atoms with van der Waals surface area (Å²) >= 11 is 0. The summed E-state index contributed by atoms with van der Waals surface area (Å²) in [4.78, 5) is 15.1. The third-order valence-corrected chi connectivity index (χ3v) is 7.60. The maximum absolute atomic E-state index is 13.4. The molecule has 0 atom stereocenters. The van der Waals surface area contributed by atoms with Crippen LogP contribution in [0.3, 0.4) is 0 Å². The lowest BCUT2D eigenvalue weighted by Gasteiger charge is -2.23. The number of benzene rings is 2. The number of rotatable bonds is 5. The predicted octanol–water partition coefficient (Wildman–Crippen LogP) is 4.39. The number of nitrogens with one attached hydrogen (secondary N) is 1. The number of hydrogen-bond donors (Lipinski definition) is 1. The first-order valence-electron chi connectivity index (χ1n) is 11.1. The average Bonchev–Trinajstić information content (AvgIpc) is 3.07.